The highest BCUT2D eigenvalue weighted by Gasteiger charge is 2.26. The second-order valence-electron chi connectivity index (χ2n) is 7.90. The number of benzene rings is 2. The normalized spacial score (nSPS) is 18.4. The summed E-state index contributed by atoms with van der Waals surface area (Å²) in [5.74, 6) is -0.771. The number of carbonyl (C=O) groups is 2. The van der Waals surface area contributed by atoms with Crippen LogP contribution < -0.4 is 15.4 Å². The molecular formula is C23H25ClFN3O4. The second kappa shape index (κ2) is 10.3. The Hall–Kier alpha value is -2.68. The van der Waals surface area contributed by atoms with E-state index >= 15 is 0 Å². The second-order valence-corrected chi connectivity index (χ2v) is 8.34. The van der Waals surface area contributed by atoms with Gasteiger partial charge in [0.15, 0.2) is 0 Å². The fraction of sp³-hybridized carbons (Fsp3) is 0.391. The molecule has 2 aromatic rings. The van der Waals surface area contributed by atoms with Crippen molar-refractivity contribution >= 4 is 34.8 Å². The number of fused-ring (bicyclic) bond motifs is 1. The number of nitrogens with zero attached hydrogens (tertiary/aromatic N) is 1. The molecule has 2 aromatic carbocycles. The molecule has 170 valence electrons. The highest BCUT2D eigenvalue weighted by molar-refractivity contribution is 6.30. The minimum atomic E-state index is -0.563. The van der Waals surface area contributed by atoms with Gasteiger partial charge in [0, 0.05) is 36.8 Å². The molecule has 2 N–H and O–H groups in total. The molecule has 9 heteroatoms. The van der Waals surface area contributed by atoms with E-state index in [1.54, 1.807) is 18.2 Å². The maximum absolute atomic E-state index is 14.2. The molecule has 0 radical (unpaired) electrons. The van der Waals surface area contributed by atoms with Crippen LogP contribution in [0.25, 0.3) is 0 Å². The predicted molar refractivity (Wildman–Crippen MR) is 120 cm³/mol. The van der Waals surface area contributed by atoms with Gasteiger partial charge in [0.25, 0.3) is 0 Å². The zero-order valence-corrected chi connectivity index (χ0v) is 18.3. The molecule has 32 heavy (non-hydrogen) atoms. The lowest BCUT2D eigenvalue weighted by molar-refractivity contribution is -0.121. The lowest BCUT2D eigenvalue weighted by Gasteiger charge is -2.26. The standard InChI is InChI=1S/C23H25ClFN3O4/c24-17-1-4-21-15(12-17)11-16(14-32-21)23(30)26-18-2-3-19(25)20(13-18)27-22(29)5-6-28-7-9-31-10-8-28/h1-4,12-13,16H,5-11,14H2,(H,26,30)(H,27,29). The fourth-order valence-corrected chi connectivity index (χ4v) is 3.97. The van der Waals surface area contributed by atoms with Gasteiger partial charge in [0.2, 0.25) is 11.8 Å². The van der Waals surface area contributed by atoms with Crippen LogP contribution in [0.15, 0.2) is 36.4 Å². The summed E-state index contributed by atoms with van der Waals surface area (Å²) in [6.07, 6.45) is 0.742. The van der Waals surface area contributed by atoms with Crippen LogP contribution in [0, 0.1) is 11.7 Å². The smallest absolute Gasteiger partial charge is 0.231 e. The van der Waals surface area contributed by atoms with Gasteiger partial charge in [-0.3, -0.25) is 14.5 Å². The Labute approximate surface area is 190 Å². The molecule has 0 aliphatic carbocycles. The molecule has 1 unspecified atom stereocenters. The van der Waals surface area contributed by atoms with Crippen LogP contribution in [0.3, 0.4) is 0 Å². The highest BCUT2D eigenvalue weighted by Crippen LogP contribution is 2.30. The predicted octanol–water partition coefficient (Wildman–Crippen LogP) is 3.33. The maximum atomic E-state index is 14.2. The Morgan fingerprint density at radius 3 is 2.75 bits per heavy atom. The molecule has 1 saturated heterocycles. The molecule has 0 saturated carbocycles. The Kier molecular flexibility index (Phi) is 7.24. The lowest BCUT2D eigenvalue weighted by Crippen LogP contribution is -2.38. The lowest BCUT2D eigenvalue weighted by atomic mass is 9.96. The molecule has 4 rings (SSSR count). The highest BCUT2D eigenvalue weighted by atomic mass is 35.5. The molecule has 2 heterocycles. The minimum absolute atomic E-state index is 0.0341. The topological polar surface area (TPSA) is 79.9 Å². The number of amides is 2. The van der Waals surface area contributed by atoms with Crippen molar-refractivity contribution in [3.63, 3.8) is 0 Å². The largest absolute Gasteiger partial charge is 0.492 e. The summed E-state index contributed by atoms with van der Waals surface area (Å²) in [5.41, 5.74) is 1.31. The molecule has 7 nitrogen and oxygen atoms in total. The fourth-order valence-electron chi connectivity index (χ4n) is 3.77. The number of carbonyl (C=O) groups excluding carboxylic acids is 2. The molecule has 0 aromatic heterocycles. The number of anilines is 2. The average molecular weight is 462 g/mol. The summed E-state index contributed by atoms with van der Waals surface area (Å²) in [6, 6.07) is 9.44. The van der Waals surface area contributed by atoms with E-state index in [1.807, 2.05) is 0 Å². The van der Waals surface area contributed by atoms with Crippen LogP contribution in [0.5, 0.6) is 5.75 Å². The van der Waals surface area contributed by atoms with Crippen molar-refractivity contribution in [2.24, 2.45) is 5.92 Å². The van der Waals surface area contributed by atoms with Crippen molar-refractivity contribution in [2.45, 2.75) is 12.8 Å². The van der Waals surface area contributed by atoms with Gasteiger partial charge in [-0.1, -0.05) is 11.6 Å². The van der Waals surface area contributed by atoms with Crippen LogP contribution in [0.4, 0.5) is 15.8 Å². The van der Waals surface area contributed by atoms with Crippen LogP contribution >= 0.6 is 11.6 Å². The third-order valence-electron chi connectivity index (χ3n) is 5.57. The summed E-state index contributed by atoms with van der Waals surface area (Å²) in [4.78, 5) is 27.2. The Bertz CT molecular complexity index is 997. The number of morpholine rings is 1. The number of hydrogen-bond acceptors (Lipinski definition) is 5. The molecule has 2 aliphatic rings. The van der Waals surface area contributed by atoms with Crippen LogP contribution in [-0.4, -0.2) is 56.2 Å². The van der Waals surface area contributed by atoms with Gasteiger partial charge in [0.05, 0.1) is 24.8 Å². The van der Waals surface area contributed by atoms with E-state index < -0.39 is 11.7 Å². The third-order valence-corrected chi connectivity index (χ3v) is 5.80. The van der Waals surface area contributed by atoms with Gasteiger partial charge in [-0.15, -0.1) is 0 Å². The Balaban J connectivity index is 1.34. The number of rotatable bonds is 6. The van der Waals surface area contributed by atoms with E-state index in [0.29, 0.717) is 36.9 Å². The van der Waals surface area contributed by atoms with Crippen molar-refractivity contribution in [2.75, 3.05) is 50.1 Å². The van der Waals surface area contributed by atoms with Gasteiger partial charge in [0.1, 0.15) is 18.2 Å². The maximum Gasteiger partial charge on any atom is 0.231 e. The molecule has 0 bridgehead atoms. The van der Waals surface area contributed by atoms with Gasteiger partial charge < -0.3 is 20.1 Å². The number of halogens is 2. The minimum Gasteiger partial charge on any atom is -0.492 e. The molecule has 2 amide bonds. The van der Waals surface area contributed by atoms with Gasteiger partial charge >= 0.3 is 0 Å². The summed E-state index contributed by atoms with van der Waals surface area (Å²) in [5, 5.41) is 5.97. The first kappa shape index (κ1) is 22.5. The summed E-state index contributed by atoms with van der Waals surface area (Å²) in [6.45, 7) is 3.70. The number of hydrogen-bond donors (Lipinski definition) is 2. The van der Waals surface area contributed by atoms with Gasteiger partial charge in [-0.25, -0.2) is 4.39 Å². The Morgan fingerprint density at radius 2 is 1.94 bits per heavy atom. The summed E-state index contributed by atoms with van der Waals surface area (Å²) >= 11 is 6.04. The van der Waals surface area contributed by atoms with Crippen molar-refractivity contribution in [1.29, 1.82) is 0 Å². The SMILES string of the molecule is O=C(CCN1CCOCC1)Nc1cc(NC(=O)C2COc3ccc(Cl)cc3C2)ccc1F. The summed E-state index contributed by atoms with van der Waals surface area (Å²) < 4.78 is 25.2. The third kappa shape index (κ3) is 5.76. The number of ether oxygens (including phenoxy) is 2. The van der Waals surface area contributed by atoms with Crippen molar-refractivity contribution in [3.05, 3.63) is 52.8 Å². The van der Waals surface area contributed by atoms with E-state index in [1.165, 1.54) is 18.2 Å². The van der Waals surface area contributed by atoms with Crippen molar-refractivity contribution in [3.8, 4) is 5.75 Å². The molecule has 0 spiro atoms. The van der Waals surface area contributed by atoms with Gasteiger partial charge in [-0.2, -0.15) is 0 Å². The zero-order valence-electron chi connectivity index (χ0n) is 17.5. The van der Waals surface area contributed by atoms with E-state index in [2.05, 4.69) is 15.5 Å². The van der Waals surface area contributed by atoms with E-state index in [4.69, 9.17) is 21.1 Å². The summed E-state index contributed by atoms with van der Waals surface area (Å²) in [7, 11) is 0. The zero-order chi connectivity index (χ0) is 22.5. The Morgan fingerprint density at radius 1 is 1.12 bits per heavy atom. The molecule has 1 fully saturated rings. The first-order valence-corrected chi connectivity index (χ1v) is 11.0. The van der Waals surface area contributed by atoms with Crippen molar-refractivity contribution < 1.29 is 23.5 Å². The first-order chi connectivity index (χ1) is 15.5. The first-order valence-electron chi connectivity index (χ1n) is 10.6. The van der Waals surface area contributed by atoms with Crippen LogP contribution in [-0.2, 0) is 20.7 Å². The van der Waals surface area contributed by atoms with Crippen LogP contribution in [0.1, 0.15) is 12.0 Å². The van der Waals surface area contributed by atoms with Crippen LogP contribution in [0.2, 0.25) is 5.02 Å². The molecular weight excluding hydrogens is 437 g/mol. The van der Waals surface area contributed by atoms with E-state index in [0.717, 1.165) is 24.4 Å². The van der Waals surface area contributed by atoms with E-state index in [9.17, 15) is 14.0 Å². The monoisotopic (exact) mass is 461 g/mol. The molecule has 2 aliphatic heterocycles. The van der Waals surface area contributed by atoms with Crippen molar-refractivity contribution in [1.82, 2.24) is 4.90 Å². The quantitative estimate of drug-likeness (QED) is 0.689. The van der Waals surface area contributed by atoms with Gasteiger partial charge in [-0.05, 0) is 48.4 Å². The molecule has 1 atom stereocenters. The number of nitrogens with one attached hydrogen (secondary N) is 2. The average Bonchev–Trinajstić information content (AvgIpc) is 2.80. The van der Waals surface area contributed by atoms with E-state index in [-0.39, 0.29) is 30.5 Å².